The maximum atomic E-state index is 12.4. The van der Waals surface area contributed by atoms with Gasteiger partial charge in [0.15, 0.2) is 10.2 Å². The Morgan fingerprint density at radius 3 is 2.34 bits per heavy atom. The van der Waals surface area contributed by atoms with Crippen LogP contribution >= 0.6 is 23.6 Å². The van der Waals surface area contributed by atoms with Gasteiger partial charge in [0.1, 0.15) is 0 Å². The van der Waals surface area contributed by atoms with Crippen molar-refractivity contribution < 1.29 is 14.3 Å². The van der Waals surface area contributed by atoms with Crippen molar-refractivity contribution in [3.63, 3.8) is 0 Å². The molecule has 0 unspecified atom stereocenters. The third-order valence-electron chi connectivity index (χ3n) is 4.27. The van der Waals surface area contributed by atoms with E-state index in [9.17, 15) is 9.59 Å². The average Bonchev–Trinajstić information content (AvgIpc) is 3.07. The number of rotatable bonds is 3. The Bertz CT molecular complexity index is 1080. The Labute approximate surface area is 178 Å². The van der Waals surface area contributed by atoms with Gasteiger partial charge in [-0.2, -0.15) is 0 Å². The number of ether oxygens (including phenoxy) is 1. The van der Waals surface area contributed by atoms with Crippen LogP contribution in [0, 0.1) is 0 Å². The van der Waals surface area contributed by atoms with Crippen molar-refractivity contribution in [3.8, 4) is 0 Å². The van der Waals surface area contributed by atoms with Gasteiger partial charge in [0.25, 0.3) is 5.91 Å². The van der Waals surface area contributed by atoms with Crippen molar-refractivity contribution in [2.75, 3.05) is 12.4 Å². The minimum atomic E-state index is -0.407. The summed E-state index contributed by atoms with van der Waals surface area (Å²) in [6, 6.07) is 12.5. The first-order chi connectivity index (χ1) is 13.7. The number of carbonyl (C=O) groups is 2. The van der Waals surface area contributed by atoms with E-state index >= 15 is 0 Å². The Morgan fingerprint density at radius 2 is 1.72 bits per heavy atom. The third-order valence-corrected chi connectivity index (χ3v) is 5.41. The van der Waals surface area contributed by atoms with Crippen LogP contribution in [0.3, 0.4) is 0 Å². The van der Waals surface area contributed by atoms with Gasteiger partial charge in [0.05, 0.1) is 22.9 Å². The normalized spacial score (nSPS) is 11.2. The van der Waals surface area contributed by atoms with Gasteiger partial charge in [0, 0.05) is 5.56 Å². The second-order valence-corrected chi connectivity index (χ2v) is 8.87. The summed E-state index contributed by atoms with van der Waals surface area (Å²) in [5.41, 5.74) is 2.86. The summed E-state index contributed by atoms with van der Waals surface area (Å²) in [6.07, 6.45) is 0. The van der Waals surface area contributed by atoms with Crippen LogP contribution in [-0.4, -0.2) is 29.1 Å². The van der Waals surface area contributed by atoms with Crippen molar-refractivity contribution in [1.82, 2.24) is 10.3 Å². The van der Waals surface area contributed by atoms with E-state index in [1.54, 1.807) is 30.3 Å². The number of esters is 1. The summed E-state index contributed by atoms with van der Waals surface area (Å²) in [5, 5.41) is 6.26. The molecular weight excluding hydrogens is 406 g/mol. The molecule has 2 N–H and O–H groups in total. The second kappa shape index (κ2) is 8.26. The molecule has 3 rings (SSSR count). The van der Waals surface area contributed by atoms with E-state index < -0.39 is 5.97 Å². The predicted octanol–water partition coefficient (Wildman–Crippen LogP) is 4.51. The zero-order chi connectivity index (χ0) is 21.2. The molecule has 0 aliphatic heterocycles. The molecule has 2 aromatic carbocycles. The number of fused-ring (bicyclic) bond motifs is 1. The molecular formula is C21H21N3O3S2. The zero-order valence-corrected chi connectivity index (χ0v) is 18.2. The third kappa shape index (κ3) is 4.96. The number of nitrogens with zero attached hydrogens (tertiary/aromatic N) is 1. The van der Waals surface area contributed by atoms with Gasteiger partial charge in [-0.15, -0.1) is 0 Å². The van der Waals surface area contributed by atoms with Gasteiger partial charge in [-0.05, 0) is 53.5 Å². The molecule has 29 heavy (non-hydrogen) atoms. The van der Waals surface area contributed by atoms with Crippen molar-refractivity contribution in [1.29, 1.82) is 0 Å². The molecule has 0 saturated carbocycles. The first-order valence-electron chi connectivity index (χ1n) is 8.89. The van der Waals surface area contributed by atoms with Crippen molar-refractivity contribution in [3.05, 3.63) is 59.2 Å². The van der Waals surface area contributed by atoms with E-state index in [0.717, 1.165) is 15.8 Å². The van der Waals surface area contributed by atoms with Crippen LogP contribution in [0.2, 0.25) is 0 Å². The van der Waals surface area contributed by atoms with Gasteiger partial charge in [0.2, 0.25) is 0 Å². The van der Waals surface area contributed by atoms with Crippen LogP contribution in [0.5, 0.6) is 0 Å². The molecule has 0 bridgehead atoms. The number of hydrogen-bond donors (Lipinski definition) is 2. The first kappa shape index (κ1) is 20.9. The molecule has 1 amide bonds. The molecule has 0 aliphatic rings. The monoisotopic (exact) mass is 427 g/mol. The standard InChI is InChI=1S/C21H21N3O3S2/c1-21(2,3)14-8-5-12(6-9-14)17(25)23-19(28)24-20-22-15-10-7-13(18(26)27-4)11-16(15)29-20/h5-11H,1-4H3,(H2,22,23,24,25,28). The van der Waals surface area contributed by atoms with Gasteiger partial charge in [-0.25, -0.2) is 9.78 Å². The summed E-state index contributed by atoms with van der Waals surface area (Å²) >= 11 is 6.56. The fourth-order valence-corrected chi connectivity index (χ4v) is 3.81. The van der Waals surface area contributed by atoms with E-state index in [1.165, 1.54) is 18.4 Å². The number of hydrogen-bond acceptors (Lipinski definition) is 6. The summed E-state index contributed by atoms with van der Waals surface area (Å²) in [5.74, 6) is -0.702. The Balaban J connectivity index is 1.67. The van der Waals surface area contributed by atoms with E-state index in [2.05, 4.69) is 36.4 Å². The number of aromatic nitrogens is 1. The molecule has 0 fully saturated rings. The molecule has 150 valence electrons. The number of carbonyl (C=O) groups excluding carboxylic acids is 2. The predicted molar refractivity (Wildman–Crippen MR) is 120 cm³/mol. The lowest BCUT2D eigenvalue weighted by molar-refractivity contribution is 0.0600. The number of methoxy groups -OCH3 is 1. The number of anilines is 1. The first-order valence-corrected chi connectivity index (χ1v) is 10.1. The summed E-state index contributed by atoms with van der Waals surface area (Å²) in [7, 11) is 1.34. The fraction of sp³-hybridized carbons (Fsp3) is 0.238. The van der Waals surface area contributed by atoms with Crippen molar-refractivity contribution in [2.45, 2.75) is 26.2 Å². The Kier molecular flexibility index (Phi) is 5.95. The van der Waals surface area contributed by atoms with Crippen molar-refractivity contribution in [2.24, 2.45) is 0 Å². The maximum Gasteiger partial charge on any atom is 0.337 e. The number of nitrogens with one attached hydrogen (secondary N) is 2. The van der Waals surface area contributed by atoms with Gasteiger partial charge >= 0.3 is 5.97 Å². The van der Waals surface area contributed by atoms with E-state index in [0.29, 0.717) is 16.3 Å². The summed E-state index contributed by atoms with van der Waals surface area (Å²) in [6.45, 7) is 6.35. The zero-order valence-electron chi connectivity index (χ0n) is 16.5. The van der Waals surface area contributed by atoms with Crippen LogP contribution < -0.4 is 10.6 Å². The Hall–Kier alpha value is -2.84. The summed E-state index contributed by atoms with van der Waals surface area (Å²) in [4.78, 5) is 28.5. The lowest BCUT2D eigenvalue weighted by Crippen LogP contribution is -2.34. The average molecular weight is 428 g/mol. The van der Waals surface area contributed by atoms with Crippen molar-refractivity contribution >= 4 is 55.9 Å². The lowest BCUT2D eigenvalue weighted by atomic mass is 9.87. The molecule has 1 aromatic heterocycles. The fourth-order valence-electron chi connectivity index (χ4n) is 2.65. The van der Waals surface area contributed by atoms with Crippen LogP contribution in [0.1, 0.15) is 47.1 Å². The second-order valence-electron chi connectivity index (χ2n) is 7.43. The quantitative estimate of drug-likeness (QED) is 0.473. The highest BCUT2D eigenvalue weighted by Gasteiger charge is 2.15. The minimum Gasteiger partial charge on any atom is -0.465 e. The molecule has 0 atom stereocenters. The largest absolute Gasteiger partial charge is 0.465 e. The molecule has 3 aromatic rings. The number of benzene rings is 2. The molecule has 0 spiro atoms. The number of amides is 1. The molecule has 8 heteroatoms. The minimum absolute atomic E-state index is 0.0203. The maximum absolute atomic E-state index is 12.4. The number of thiazole rings is 1. The summed E-state index contributed by atoms with van der Waals surface area (Å²) < 4.78 is 5.54. The van der Waals surface area contributed by atoms with Crippen LogP contribution in [0.15, 0.2) is 42.5 Å². The molecule has 1 heterocycles. The highest BCUT2D eigenvalue weighted by molar-refractivity contribution is 7.80. The SMILES string of the molecule is COC(=O)c1ccc2nc(NC(=S)NC(=O)c3ccc(C(C)(C)C)cc3)sc2c1. The van der Waals surface area contributed by atoms with E-state index in [4.69, 9.17) is 17.0 Å². The highest BCUT2D eigenvalue weighted by atomic mass is 32.1. The molecule has 0 radical (unpaired) electrons. The van der Waals surface area contributed by atoms with Gasteiger partial charge in [-0.1, -0.05) is 44.2 Å². The highest BCUT2D eigenvalue weighted by Crippen LogP contribution is 2.27. The van der Waals surface area contributed by atoms with Crippen LogP contribution in [-0.2, 0) is 10.2 Å². The van der Waals surface area contributed by atoms with E-state index in [1.807, 2.05) is 12.1 Å². The van der Waals surface area contributed by atoms with E-state index in [-0.39, 0.29) is 16.4 Å². The Morgan fingerprint density at radius 1 is 1.07 bits per heavy atom. The topological polar surface area (TPSA) is 80.3 Å². The van der Waals surface area contributed by atoms with Crippen LogP contribution in [0.25, 0.3) is 10.2 Å². The molecule has 0 saturated heterocycles. The molecule has 6 nitrogen and oxygen atoms in total. The van der Waals surface area contributed by atoms with Gasteiger partial charge in [-0.3, -0.25) is 10.1 Å². The number of thiocarbonyl (C=S) groups is 1. The smallest absolute Gasteiger partial charge is 0.337 e. The lowest BCUT2D eigenvalue weighted by Gasteiger charge is -2.19. The molecule has 0 aliphatic carbocycles. The van der Waals surface area contributed by atoms with Crippen LogP contribution in [0.4, 0.5) is 5.13 Å². The van der Waals surface area contributed by atoms with Gasteiger partial charge < -0.3 is 10.1 Å².